The number of carbonyl (C=O) groups excluding carboxylic acids is 1. The van der Waals surface area contributed by atoms with E-state index in [0.29, 0.717) is 0 Å². The molecule has 1 heterocycles. The van der Waals surface area contributed by atoms with Crippen LogP contribution < -0.4 is 0 Å². The first-order valence-corrected chi connectivity index (χ1v) is 8.32. The zero-order valence-electron chi connectivity index (χ0n) is 13.1. The fourth-order valence-electron chi connectivity index (χ4n) is 3.61. The van der Waals surface area contributed by atoms with Crippen LogP contribution in [-0.4, -0.2) is 61.1 Å². The largest absolute Gasteiger partial charge is 0.372 e. The highest BCUT2D eigenvalue weighted by molar-refractivity contribution is 5.80. The summed E-state index contributed by atoms with van der Waals surface area (Å²) in [5.74, 6) is 0.181. The molecule has 1 saturated carbocycles. The number of amides is 1. The predicted molar refractivity (Wildman–Crippen MR) is 80.7 cm³/mol. The van der Waals surface area contributed by atoms with Crippen LogP contribution in [0.25, 0.3) is 0 Å². The van der Waals surface area contributed by atoms with Gasteiger partial charge in [-0.25, -0.2) is 0 Å². The van der Waals surface area contributed by atoms with E-state index in [1.165, 1.54) is 32.1 Å². The maximum atomic E-state index is 12.4. The summed E-state index contributed by atoms with van der Waals surface area (Å²) in [4.78, 5) is 17.0. The summed E-state index contributed by atoms with van der Waals surface area (Å²) >= 11 is 0. The summed E-state index contributed by atoms with van der Waals surface area (Å²) in [6, 6.07) is 0.767. The third kappa shape index (κ3) is 3.95. The maximum absolute atomic E-state index is 12.4. The average molecular weight is 282 g/mol. The van der Waals surface area contributed by atoms with Crippen LogP contribution in [0.1, 0.15) is 51.9 Å². The fourth-order valence-corrected chi connectivity index (χ4v) is 3.61. The highest BCUT2D eigenvalue weighted by atomic mass is 16.5. The Balaban J connectivity index is 1.86. The van der Waals surface area contributed by atoms with Crippen molar-refractivity contribution in [3.05, 3.63) is 0 Å². The first kappa shape index (κ1) is 15.8. The summed E-state index contributed by atoms with van der Waals surface area (Å²) in [6.07, 6.45) is 8.47. The van der Waals surface area contributed by atoms with Gasteiger partial charge in [0.05, 0.1) is 0 Å². The molecule has 4 nitrogen and oxygen atoms in total. The van der Waals surface area contributed by atoms with E-state index in [0.717, 1.165) is 45.1 Å². The van der Waals surface area contributed by atoms with E-state index in [1.54, 1.807) is 7.11 Å². The highest BCUT2D eigenvalue weighted by Crippen LogP contribution is 2.23. The zero-order chi connectivity index (χ0) is 14.4. The highest BCUT2D eigenvalue weighted by Gasteiger charge is 2.27. The number of methoxy groups -OCH3 is 1. The van der Waals surface area contributed by atoms with Crippen molar-refractivity contribution in [2.45, 2.75) is 64.0 Å². The topological polar surface area (TPSA) is 32.8 Å². The molecule has 2 rings (SSSR count). The van der Waals surface area contributed by atoms with Gasteiger partial charge in [-0.1, -0.05) is 26.2 Å². The van der Waals surface area contributed by atoms with Crippen LogP contribution in [0.15, 0.2) is 0 Å². The zero-order valence-corrected chi connectivity index (χ0v) is 13.1. The first-order valence-electron chi connectivity index (χ1n) is 8.32. The number of carbonyl (C=O) groups is 1. The van der Waals surface area contributed by atoms with Crippen molar-refractivity contribution in [1.29, 1.82) is 0 Å². The summed E-state index contributed by atoms with van der Waals surface area (Å²) in [6.45, 7) is 5.96. The predicted octanol–water partition coefficient (Wildman–Crippen LogP) is 2.28. The second kappa shape index (κ2) is 7.99. The molecule has 0 spiro atoms. The summed E-state index contributed by atoms with van der Waals surface area (Å²) < 4.78 is 5.29. The Kier molecular flexibility index (Phi) is 6.30. The Hall–Kier alpha value is -0.610. The smallest absolute Gasteiger partial charge is 0.251 e. The number of nitrogens with zero attached hydrogens (tertiary/aromatic N) is 2. The third-order valence-electron chi connectivity index (χ3n) is 4.86. The van der Waals surface area contributed by atoms with Crippen LogP contribution in [0.3, 0.4) is 0 Å². The van der Waals surface area contributed by atoms with Crippen LogP contribution >= 0.6 is 0 Å². The quantitative estimate of drug-likeness (QED) is 0.793. The van der Waals surface area contributed by atoms with Crippen molar-refractivity contribution in [3.63, 3.8) is 0 Å². The Morgan fingerprint density at radius 1 is 1.10 bits per heavy atom. The van der Waals surface area contributed by atoms with Gasteiger partial charge in [-0.2, -0.15) is 0 Å². The van der Waals surface area contributed by atoms with Crippen LogP contribution in [0.2, 0.25) is 0 Å². The SMILES string of the molecule is CC[C@@H](OC)C(=O)N1CCCN(C2CCCCC2)CC1. The van der Waals surface area contributed by atoms with E-state index in [2.05, 4.69) is 4.90 Å². The lowest BCUT2D eigenvalue weighted by Crippen LogP contribution is -2.43. The number of hydrogen-bond acceptors (Lipinski definition) is 3. The van der Waals surface area contributed by atoms with Gasteiger partial charge in [-0.3, -0.25) is 9.69 Å². The fraction of sp³-hybridized carbons (Fsp3) is 0.938. The van der Waals surface area contributed by atoms with E-state index in [-0.39, 0.29) is 12.0 Å². The molecule has 1 aliphatic carbocycles. The molecular weight excluding hydrogens is 252 g/mol. The van der Waals surface area contributed by atoms with Crippen LogP contribution in [0, 0.1) is 0 Å². The van der Waals surface area contributed by atoms with Crippen molar-refractivity contribution >= 4 is 5.91 Å². The lowest BCUT2D eigenvalue weighted by atomic mass is 9.94. The monoisotopic (exact) mass is 282 g/mol. The van der Waals surface area contributed by atoms with E-state index in [1.807, 2.05) is 11.8 Å². The molecule has 0 aromatic heterocycles. The van der Waals surface area contributed by atoms with E-state index >= 15 is 0 Å². The molecule has 1 saturated heterocycles. The third-order valence-corrected chi connectivity index (χ3v) is 4.86. The van der Waals surface area contributed by atoms with Gasteiger partial charge in [0.1, 0.15) is 6.10 Å². The molecule has 0 radical (unpaired) electrons. The van der Waals surface area contributed by atoms with Gasteiger partial charge in [0.2, 0.25) is 0 Å². The second-order valence-corrected chi connectivity index (χ2v) is 6.14. The van der Waals surface area contributed by atoms with Gasteiger partial charge in [0, 0.05) is 39.3 Å². The minimum Gasteiger partial charge on any atom is -0.372 e. The molecule has 0 aromatic rings. The minimum atomic E-state index is -0.253. The molecule has 4 heteroatoms. The number of rotatable bonds is 4. The molecule has 2 aliphatic rings. The number of hydrogen-bond donors (Lipinski definition) is 0. The van der Waals surface area contributed by atoms with Crippen molar-refractivity contribution in [2.75, 3.05) is 33.3 Å². The Morgan fingerprint density at radius 2 is 1.85 bits per heavy atom. The summed E-state index contributed by atoms with van der Waals surface area (Å²) in [7, 11) is 1.64. The summed E-state index contributed by atoms with van der Waals surface area (Å²) in [5, 5.41) is 0. The van der Waals surface area contributed by atoms with Crippen LogP contribution in [0.5, 0.6) is 0 Å². The average Bonchev–Trinajstić information content (AvgIpc) is 2.75. The Morgan fingerprint density at radius 3 is 2.50 bits per heavy atom. The normalized spacial score (nSPS) is 24.4. The van der Waals surface area contributed by atoms with Gasteiger partial charge in [-0.05, 0) is 25.7 Å². The van der Waals surface area contributed by atoms with Crippen LogP contribution in [-0.2, 0) is 9.53 Å². The van der Waals surface area contributed by atoms with Gasteiger partial charge in [0.25, 0.3) is 5.91 Å². The molecule has 0 aromatic carbocycles. The van der Waals surface area contributed by atoms with Gasteiger partial charge >= 0.3 is 0 Å². The molecule has 1 atom stereocenters. The second-order valence-electron chi connectivity index (χ2n) is 6.14. The van der Waals surface area contributed by atoms with E-state index < -0.39 is 0 Å². The first-order chi connectivity index (χ1) is 9.76. The van der Waals surface area contributed by atoms with Crippen molar-refractivity contribution in [1.82, 2.24) is 9.80 Å². The van der Waals surface area contributed by atoms with Gasteiger partial charge in [0.15, 0.2) is 0 Å². The van der Waals surface area contributed by atoms with Crippen molar-refractivity contribution in [2.24, 2.45) is 0 Å². The standard InChI is InChI=1S/C16H30N2O2/c1-3-15(20-2)16(19)18-11-7-10-17(12-13-18)14-8-5-4-6-9-14/h14-15H,3-13H2,1-2H3/t15-/m1/s1. The molecule has 1 amide bonds. The molecule has 20 heavy (non-hydrogen) atoms. The molecule has 116 valence electrons. The molecule has 0 unspecified atom stereocenters. The maximum Gasteiger partial charge on any atom is 0.251 e. The molecule has 0 bridgehead atoms. The molecular formula is C16H30N2O2. The molecule has 0 N–H and O–H groups in total. The van der Waals surface area contributed by atoms with E-state index in [9.17, 15) is 4.79 Å². The minimum absolute atomic E-state index is 0.181. The van der Waals surface area contributed by atoms with E-state index in [4.69, 9.17) is 4.74 Å². The lowest BCUT2D eigenvalue weighted by molar-refractivity contribution is -0.142. The van der Waals surface area contributed by atoms with Crippen molar-refractivity contribution in [3.8, 4) is 0 Å². The Bertz CT molecular complexity index is 299. The van der Waals surface area contributed by atoms with Gasteiger partial charge in [-0.15, -0.1) is 0 Å². The van der Waals surface area contributed by atoms with Crippen LogP contribution in [0.4, 0.5) is 0 Å². The van der Waals surface area contributed by atoms with Gasteiger partial charge < -0.3 is 9.64 Å². The summed E-state index contributed by atoms with van der Waals surface area (Å²) in [5.41, 5.74) is 0. The van der Waals surface area contributed by atoms with Crippen molar-refractivity contribution < 1.29 is 9.53 Å². The molecule has 1 aliphatic heterocycles. The molecule has 2 fully saturated rings. The number of ether oxygens (including phenoxy) is 1. The Labute approximate surface area is 123 Å². The lowest BCUT2D eigenvalue weighted by Gasteiger charge is -2.33.